The lowest BCUT2D eigenvalue weighted by Crippen LogP contribution is -1.91. The largest absolute Gasteiger partial charge is 0.453 e. The lowest BCUT2D eigenvalue weighted by molar-refractivity contribution is 0.299. The number of hydrogen-bond donors (Lipinski definition) is 0. The molecular weight excluding hydrogens is 242 g/mol. The third kappa shape index (κ3) is 1.78. The van der Waals surface area contributed by atoms with Gasteiger partial charge in [0.1, 0.15) is 10.4 Å². The minimum atomic E-state index is -3.83. The lowest BCUT2D eigenvalue weighted by atomic mass is 10.3. The number of benzene rings is 1. The Labute approximate surface area is 90.0 Å². The smallest absolute Gasteiger partial charge is 0.394 e. The maximum atomic E-state index is 11.2. The second-order valence-electron chi connectivity index (χ2n) is 2.72. The number of hydrogen-bond acceptors (Lipinski definition) is 5. The van der Waals surface area contributed by atoms with Gasteiger partial charge in [0.15, 0.2) is 5.58 Å². The number of oxazole rings is 1. The lowest BCUT2D eigenvalue weighted by Gasteiger charge is -1.94. The molecule has 0 amide bonds. The SMILES string of the molecule is COc1nc2c(S(=O)(=O)Cl)cccc2o1. The Morgan fingerprint density at radius 2 is 2.20 bits per heavy atom. The molecule has 5 nitrogen and oxygen atoms in total. The molecule has 0 aliphatic rings. The third-order valence-electron chi connectivity index (χ3n) is 1.80. The van der Waals surface area contributed by atoms with E-state index in [1.807, 2.05) is 0 Å². The highest BCUT2D eigenvalue weighted by molar-refractivity contribution is 8.14. The van der Waals surface area contributed by atoms with Crippen molar-refractivity contribution in [3.63, 3.8) is 0 Å². The summed E-state index contributed by atoms with van der Waals surface area (Å²) < 4.78 is 32.2. The van der Waals surface area contributed by atoms with E-state index in [4.69, 9.17) is 19.8 Å². The highest BCUT2D eigenvalue weighted by Crippen LogP contribution is 2.28. The van der Waals surface area contributed by atoms with Gasteiger partial charge >= 0.3 is 6.08 Å². The molecule has 0 unspecified atom stereocenters. The average molecular weight is 248 g/mol. The molecule has 15 heavy (non-hydrogen) atoms. The van der Waals surface area contributed by atoms with Gasteiger partial charge in [-0.15, -0.1) is 0 Å². The molecule has 0 bridgehead atoms. The zero-order valence-electron chi connectivity index (χ0n) is 7.60. The first-order chi connectivity index (χ1) is 7.02. The molecule has 0 fully saturated rings. The first kappa shape index (κ1) is 10.3. The van der Waals surface area contributed by atoms with Crippen molar-refractivity contribution in [2.45, 2.75) is 4.90 Å². The van der Waals surface area contributed by atoms with Crippen molar-refractivity contribution in [3.05, 3.63) is 18.2 Å². The van der Waals surface area contributed by atoms with Gasteiger partial charge in [0.25, 0.3) is 9.05 Å². The Morgan fingerprint density at radius 3 is 2.80 bits per heavy atom. The molecule has 0 spiro atoms. The van der Waals surface area contributed by atoms with Gasteiger partial charge in [-0.2, -0.15) is 4.98 Å². The summed E-state index contributed by atoms with van der Waals surface area (Å²) in [7, 11) is 2.78. The van der Waals surface area contributed by atoms with E-state index in [1.54, 1.807) is 6.07 Å². The zero-order chi connectivity index (χ0) is 11.1. The Morgan fingerprint density at radius 1 is 1.47 bits per heavy atom. The van der Waals surface area contributed by atoms with E-state index in [0.29, 0.717) is 5.58 Å². The van der Waals surface area contributed by atoms with Crippen molar-refractivity contribution in [2.24, 2.45) is 0 Å². The van der Waals surface area contributed by atoms with Crippen molar-refractivity contribution in [2.75, 3.05) is 7.11 Å². The Hall–Kier alpha value is -1.27. The number of methoxy groups -OCH3 is 1. The molecule has 1 aromatic heterocycles. The molecule has 2 rings (SSSR count). The predicted molar refractivity (Wildman–Crippen MR) is 53.6 cm³/mol. The summed E-state index contributed by atoms with van der Waals surface area (Å²) in [5.74, 6) is 0. The number of para-hydroxylation sites is 1. The predicted octanol–water partition coefficient (Wildman–Crippen LogP) is 1.76. The number of aromatic nitrogens is 1. The normalized spacial score (nSPS) is 11.9. The van der Waals surface area contributed by atoms with Crippen LogP contribution in [0.25, 0.3) is 11.1 Å². The fourth-order valence-corrected chi connectivity index (χ4v) is 2.18. The molecule has 0 N–H and O–H groups in total. The number of nitrogens with zero attached hydrogens (tertiary/aromatic N) is 1. The van der Waals surface area contributed by atoms with Gasteiger partial charge in [-0.25, -0.2) is 8.42 Å². The van der Waals surface area contributed by atoms with Gasteiger partial charge in [0, 0.05) is 10.7 Å². The molecule has 1 heterocycles. The van der Waals surface area contributed by atoms with Crippen molar-refractivity contribution >= 4 is 30.8 Å². The van der Waals surface area contributed by atoms with Gasteiger partial charge < -0.3 is 9.15 Å². The summed E-state index contributed by atoms with van der Waals surface area (Å²) in [6.07, 6.45) is -0.00207. The highest BCUT2D eigenvalue weighted by Gasteiger charge is 2.18. The van der Waals surface area contributed by atoms with Crippen LogP contribution < -0.4 is 4.74 Å². The highest BCUT2D eigenvalue weighted by atomic mass is 35.7. The molecule has 0 saturated heterocycles. The summed E-state index contributed by atoms with van der Waals surface area (Å²) in [4.78, 5) is 3.76. The van der Waals surface area contributed by atoms with Crippen molar-refractivity contribution in [1.82, 2.24) is 4.98 Å². The van der Waals surface area contributed by atoms with E-state index in [9.17, 15) is 8.42 Å². The molecule has 2 aromatic rings. The van der Waals surface area contributed by atoms with E-state index < -0.39 is 9.05 Å². The molecule has 0 aliphatic carbocycles. The summed E-state index contributed by atoms with van der Waals surface area (Å²) in [6, 6.07) is 4.45. The Bertz CT molecular complexity index is 604. The van der Waals surface area contributed by atoms with Crippen LogP contribution in [0.4, 0.5) is 0 Å². The standard InChI is InChI=1S/C8H6ClNO4S/c1-13-8-10-7-5(14-8)3-2-4-6(7)15(9,11)12/h2-4H,1H3. The molecule has 0 atom stereocenters. The Kier molecular flexibility index (Phi) is 2.32. The van der Waals surface area contributed by atoms with Gasteiger partial charge in [-0.05, 0) is 12.1 Å². The van der Waals surface area contributed by atoms with Crippen LogP contribution in [0.1, 0.15) is 0 Å². The zero-order valence-corrected chi connectivity index (χ0v) is 9.17. The van der Waals surface area contributed by atoms with E-state index in [2.05, 4.69) is 4.98 Å². The molecule has 0 radical (unpaired) electrons. The maximum absolute atomic E-state index is 11.2. The molecule has 7 heteroatoms. The van der Waals surface area contributed by atoms with Crippen LogP contribution in [0, 0.1) is 0 Å². The van der Waals surface area contributed by atoms with Gasteiger partial charge in [0.05, 0.1) is 7.11 Å². The monoisotopic (exact) mass is 247 g/mol. The summed E-state index contributed by atoms with van der Waals surface area (Å²) in [5, 5.41) is 0. The minimum absolute atomic E-state index is 0.00207. The van der Waals surface area contributed by atoms with Crippen LogP contribution in [0.3, 0.4) is 0 Å². The van der Waals surface area contributed by atoms with Gasteiger partial charge in [0.2, 0.25) is 0 Å². The van der Waals surface area contributed by atoms with E-state index >= 15 is 0 Å². The van der Waals surface area contributed by atoms with E-state index in [0.717, 1.165) is 0 Å². The average Bonchev–Trinajstić information content (AvgIpc) is 2.57. The second kappa shape index (κ2) is 3.39. The third-order valence-corrected chi connectivity index (χ3v) is 3.15. The molecule has 80 valence electrons. The number of ether oxygens (including phenoxy) is 1. The molecule has 1 aromatic carbocycles. The molecule has 0 saturated carbocycles. The van der Waals surface area contributed by atoms with E-state index in [-0.39, 0.29) is 16.5 Å². The number of rotatable bonds is 2. The first-order valence-electron chi connectivity index (χ1n) is 3.90. The Balaban J connectivity index is 2.81. The number of fused-ring (bicyclic) bond motifs is 1. The van der Waals surface area contributed by atoms with Gasteiger partial charge in [-0.3, -0.25) is 0 Å². The van der Waals surface area contributed by atoms with E-state index in [1.165, 1.54) is 19.2 Å². The van der Waals surface area contributed by atoms with Crippen LogP contribution in [0.15, 0.2) is 27.5 Å². The van der Waals surface area contributed by atoms with Crippen LogP contribution in [-0.4, -0.2) is 20.5 Å². The second-order valence-corrected chi connectivity index (χ2v) is 5.26. The maximum Gasteiger partial charge on any atom is 0.394 e. The number of halogens is 1. The topological polar surface area (TPSA) is 69.4 Å². The van der Waals surface area contributed by atoms with Crippen LogP contribution >= 0.6 is 10.7 Å². The van der Waals surface area contributed by atoms with Crippen LogP contribution in [-0.2, 0) is 9.05 Å². The summed E-state index contributed by atoms with van der Waals surface area (Å²) >= 11 is 0. The minimum Gasteiger partial charge on any atom is -0.453 e. The molecular formula is C8H6ClNO4S. The van der Waals surface area contributed by atoms with Crippen molar-refractivity contribution in [3.8, 4) is 6.08 Å². The van der Waals surface area contributed by atoms with Crippen LogP contribution in [0.5, 0.6) is 6.08 Å². The van der Waals surface area contributed by atoms with Crippen molar-refractivity contribution in [1.29, 1.82) is 0 Å². The first-order valence-corrected chi connectivity index (χ1v) is 6.21. The molecule has 0 aliphatic heterocycles. The van der Waals surface area contributed by atoms with Crippen molar-refractivity contribution < 1.29 is 17.6 Å². The fourth-order valence-electron chi connectivity index (χ4n) is 1.19. The summed E-state index contributed by atoms with van der Waals surface area (Å²) in [6.45, 7) is 0. The van der Waals surface area contributed by atoms with Gasteiger partial charge in [-0.1, -0.05) is 6.07 Å². The fraction of sp³-hybridized carbons (Fsp3) is 0.125. The summed E-state index contributed by atoms with van der Waals surface area (Å²) in [5.41, 5.74) is 0.484. The quantitative estimate of drug-likeness (QED) is 0.757. The van der Waals surface area contributed by atoms with Crippen LogP contribution in [0.2, 0.25) is 0 Å².